The highest BCUT2D eigenvalue weighted by Crippen LogP contribution is 2.26. The van der Waals surface area contributed by atoms with Crippen LogP contribution in [0, 0.1) is 0 Å². The van der Waals surface area contributed by atoms with E-state index >= 15 is 0 Å². The van der Waals surface area contributed by atoms with Crippen LogP contribution in [0.3, 0.4) is 0 Å². The number of ether oxygens (including phenoxy) is 1. The zero-order chi connectivity index (χ0) is 12.1. The number of rotatable bonds is 4. The predicted octanol–water partition coefficient (Wildman–Crippen LogP) is 2.77. The smallest absolute Gasteiger partial charge is 0.125 e. The van der Waals surface area contributed by atoms with Gasteiger partial charge in [0.2, 0.25) is 0 Å². The fraction of sp³-hybridized carbons (Fsp3) is 0.154. The monoisotopic (exact) mass is 248 g/mol. The van der Waals surface area contributed by atoms with Gasteiger partial charge in [0, 0.05) is 35.1 Å². The summed E-state index contributed by atoms with van der Waals surface area (Å²) in [6, 6.07) is 9.35. The van der Waals surface area contributed by atoms with Gasteiger partial charge < -0.3 is 10.5 Å². The van der Waals surface area contributed by atoms with Crippen LogP contribution in [0.1, 0.15) is 11.1 Å². The van der Waals surface area contributed by atoms with Crippen LogP contribution in [0.4, 0.5) is 0 Å². The quantitative estimate of drug-likeness (QED) is 0.905. The summed E-state index contributed by atoms with van der Waals surface area (Å²) in [7, 11) is 0. The molecule has 0 radical (unpaired) electrons. The number of hydrogen-bond donors (Lipinski definition) is 1. The third-order valence-electron chi connectivity index (χ3n) is 2.40. The molecule has 1 heterocycles. The van der Waals surface area contributed by atoms with Crippen molar-refractivity contribution in [3.8, 4) is 5.75 Å². The van der Waals surface area contributed by atoms with Gasteiger partial charge >= 0.3 is 0 Å². The molecule has 0 atom stereocenters. The SMILES string of the molecule is NCc1c(Cl)cccc1OCc1cccnc1. The number of nitrogens with two attached hydrogens (primary N) is 1. The molecule has 4 heteroatoms. The van der Waals surface area contributed by atoms with Gasteiger partial charge in [0.05, 0.1) is 0 Å². The van der Waals surface area contributed by atoms with Gasteiger partial charge in [0.15, 0.2) is 0 Å². The van der Waals surface area contributed by atoms with Crippen LogP contribution >= 0.6 is 11.6 Å². The highest BCUT2D eigenvalue weighted by molar-refractivity contribution is 6.31. The van der Waals surface area contributed by atoms with E-state index in [1.807, 2.05) is 24.3 Å². The largest absolute Gasteiger partial charge is 0.488 e. The van der Waals surface area contributed by atoms with E-state index < -0.39 is 0 Å². The molecule has 2 aromatic rings. The molecule has 2 rings (SSSR count). The third kappa shape index (κ3) is 2.96. The Morgan fingerprint density at radius 1 is 1.24 bits per heavy atom. The molecule has 0 bridgehead atoms. The standard InChI is InChI=1S/C13H13ClN2O/c14-12-4-1-5-13(11(12)7-15)17-9-10-3-2-6-16-8-10/h1-6,8H,7,9,15H2. The molecule has 88 valence electrons. The lowest BCUT2D eigenvalue weighted by Gasteiger charge is -2.11. The maximum atomic E-state index is 6.04. The molecule has 0 spiro atoms. The lowest BCUT2D eigenvalue weighted by Crippen LogP contribution is -2.03. The highest BCUT2D eigenvalue weighted by Gasteiger charge is 2.06. The molecule has 17 heavy (non-hydrogen) atoms. The first kappa shape index (κ1) is 11.9. The van der Waals surface area contributed by atoms with Crippen LogP contribution in [0.2, 0.25) is 5.02 Å². The Labute approximate surface area is 105 Å². The van der Waals surface area contributed by atoms with Gasteiger partial charge in [-0.2, -0.15) is 0 Å². The highest BCUT2D eigenvalue weighted by atomic mass is 35.5. The van der Waals surface area contributed by atoms with Gasteiger partial charge in [-0.3, -0.25) is 4.98 Å². The van der Waals surface area contributed by atoms with Crippen molar-refractivity contribution < 1.29 is 4.74 Å². The van der Waals surface area contributed by atoms with Gasteiger partial charge in [0.25, 0.3) is 0 Å². The Bertz CT molecular complexity index is 488. The molecule has 0 unspecified atom stereocenters. The third-order valence-corrected chi connectivity index (χ3v) is 2.75. The summed E-state index contributed by atoms with van der Waals surface area (Å²) in [5.74, 6) is 0.726. The van der Waals surface area contributed by atoms with Crippen molar-refractivity contribution in [2.45, 2.75) is 13.2 Å². The number of nitrogens with zero attached hydrogens (tertiary/aromatic N) is 1. The molecule has 0 aliphatic carbocycles. The van der Waals surface area contributed by atoms with Crippen molar-refractivity contribution in [3.05, 3.63) is 58.9 Å². The Morgan fingerprint density at radius 3 is 2.82 bits per heavy atom. The number of hydrogen-bond acceptors (Lipinski definition) is 3. The molecule has 1 aromatic carbocycles. The van der Waals surface area contributed by atoms with Gasteiger partial charge in [-0.25, -0.2) is 0 Å². The lowest BCUT2D eigenvalue weighted by atomic mass is 10.2. The molecule has 0 fully saturated rings. The predicted molar refractivity (Wildman–Crippen MR) is 67.9 cm³/mol. The number of pyridine rings is 1. The van der Waals surface area contributed by atoms with E-state index in [0.29, 0.717) is 18.2 Å². The van der Waals surface area contributed by atoms with Crippen molar-refractivity contribution in [1.29, 1.82) is 0 Å². The van der Waals surface area contributed by atoms with Crippen LogP contribution in [-0.2, 0) is 13.2 Å². The van der Waals surface area contributed by atoms with E-state index in [1.54, 1.807) is 18.5 Å². The van der Waals surface area contributed by atoms with Gasteiger partial charge in [0.1, 0.15) is 12.4 Å². The number of halogens is 1. The van der Waals surface area contributed by atoms with Crippen LogP contribution in [-0.4, -0.2) is 4.98 Å². The summed E-state index contributed by atoms with van der Waals surface area (Å²) in [5.41, 5.74) is 7.48. The Hall–Kier alpha value is -1.58. The maximum absolute atomic E-state index is 6.04. The normalized spacial score (nSPS) is 10.2. The first-order chi connectivity index (χ1) is 8.31. The van der Waals surface area contributed by atoms with Crippen molar-refractivity contribution >= 4 is 11.6 Å². The van der Waals surface area contributed by atoms with Gasteiger partial charge in [-0.1, -0.05) is 23.7 Å². The van der Waals surface area contributed by atoms with Gasteiger partial charge in [-0.05, 0) is 18.2 Å². The van der Waals surface area contributed by atoms with Crippen molar-refractivity contribution in [1.82, 2.24) is 4.98 Å². The molecule has 2 N–H and O–H groups in total. The van der Waals surface area contributed by atoms with E-state index in [2.05, 4.69) is 4.98 Å². The molecular formula is C13H13ClN2O. The van der Waals surface area contributed by atoms with Crippen molar-refractivity contribution in [3.63, 3.8) is 0 Å². The van der Waals surface area contributed by atoms with Crippen LogP contribution in [0.25, 0.3) is 0 Å². The molecule has 0 saturated carbocycles. The van der Waals surface area contributed by atoms with Crippen LogP contribution < -0.4 is 10.5 Å². The minimum Gasteiger partial charge on any atom is -0.488 e. The Morgan fingerprint density at radius 2 is 2.12 bits per heavy atom. The number of benzene rings is 1. The first-order valence-corrected chi connectivity index (χ1v) is 5.68. The lowest BCUT2D eigenvalue weighted by molar-refractivity contribution is 0.302. The molecule has 0 aliphatic rings. The van der Waals surface area contributed by atoms with Crippen LogP contribution in [0.15, 0.2) is 42.7 Å². The summed E-state index contributed by atoms with van der Waals surface area (Å²) in [4.78, 5) is 4.03. The van der Waals surface area contributed by atoms with Gasteiger partial charge in [-0.15, -0.1) is 0 Å². The second-order valence-corrected chi connectivity index (χ2v) is 3.98. The van der Waals surface area contributed by atoms with Crippen molar-refractivity contribution in [2.24, 2.45) is 5.73 Å². The fourth-order valence-electron chi connectivity index (χ4n) is 1.52. The molecule has 1 aromatic heterocycles. The number of aromatic nitrogens is 1. The molecule has 0 amide bonds. The maximum Gasteiger partial charge on any atom is 0.125 e. The summed E-state index contributed by atoms with van der Waals surface area (Å²) in [6.07, 6.45) is 3.50. The minimum absolute atomic E-state index is 0.363. The fourth-order valence-corrected chi connectivity index (χ4v) is 1.76. The van der Waals surface area contributed by atoms with E-state index in [0.717, 1.165) is 16.9 Å². The molecular weight excluding hydrogens is 236 g/mol. The molecule has 0 aliphatic heterocycles. The molecule has 3 nitrogen and oxygen atoms in total. The summed E-state index contributed by atoms with van der Waals surface area (Å²) in [5, 5.41) is 0.635. The van der Waals surface area contributed by atoms with Crippen molar-refractivity contribution in [2.75, 3.05) is 0 Å². The summed E-state index contributed by atoms with van der Waals surface area (Å²) < 4.78 is 5.69. The first-order valence-electron chi connectivity index (χ1n) is 5.30. The van der Waals surface area contributed by atoms with Crippen LogP contribution in [0.5, 0.6) is 5.75 Å². The Balaban J connectivity index is 2.12. The average molecular weight is 249 g/mol. The zero-order valence-electron chi connectivity index (χ0n) is 9.27. The topological polar surface area (TPSA) is 48.1 Å². The summed E-state index contributed by atoms with van der Waals surface area (Å²) >= 11 is 6.04. The minimum atomic E-state index is 0.363. The second-order valence-electron chi connectivity index (χ2n) is 3.57. The molecule has 0 saturated heterocycles. The average Bonchev–Trinajstić information content (AvgIpc) is 2.37. The van der Waals surface area contributed by atoms with E-state index in [-0.39, 0.29) is 0 Å². The zero-order valence-corrected chi connectivity index (χ0v) is 10.0. The second kappa shape index (κ2) is 5.66. The summed E-state index contributed by atoms with van der Waals surface area (Å²) in [6.45, 7) is 0.823. The Kier molecular flexibility index (Phi) is 3.96. The van der Waals surface area contributed by atoms with E-state index in [9.17, 15) is 0 Å². The van der Waals surface area contributed by atoms with E-state index in [1.165, 1.54) is 0 Å². The van der Waals surface area contributed by atoms with E-state index in [4.69, 9.17) is 22.1 Å².